The Hall–Kier alpha value is -2.47. The Kier molecular flexibility index (Phi) is 4.52. The van der Waals surface area contributed by atoms with Crippen molar-refractivity contribution in [2.45, 2.75) is 0 Å². The van der Waals surface area contributed by atoms with Gasteiger partial charge in [0.2, 0.25) is 0 Å². The topological polar surface area (TPSA) is 41.6 Å². The van der Waals surface area contributed by atoms with E-state index in [2.05, 4.69) is 10.2 Å². The fraction of sp³-hybridized carbons (Fsp3) is 0.235. The molecule has 1 heterocycles. The van der Waals surface area contributed by atoms with Gasteiger partial charge < -0.3 is 15.0 Å². The minimum absolute atomic E-state index is 0.481. The summed E-state index contributed by atoms with van der Waals surface area (Å²) >= 11 is 0. The molecule has 120 valence electrons. The summed E-state index contributed by atoms with van der Waals surface area (Å²) in [5.41, 5.74) is 0.919. The average molecular weight is 318 g/mol. The van der Waals surface area contributed by atoms with Crippen LogP contribution in [0.4, 0.5) is 20.2 Å². The number of ether oxygens (including phenoxy) is 1. The van der Waals surface area contributed by atoms with Crippen LogP contribution in [0.2, 0.25) is 0 Å². The molecule has 23 heavy (non-hydrogen) atoms. The molecule has 1 amide bonds. The fourth-order valence-electron chi connectivity index (χ4n) is 2.49. The lowest BCUT2D eigenvalue weighted by Crippen LogP contribution is -2.36. The lowest BCUT2D eigenvalue weighted by molar-refractivity contribution is 0.101. The van der Waals surface area contributed by atoms with E-state index in [-0.39, 0.29) is 0 Å². The van der Waals surface area contributed by atoms with E-state index in [0.29, 0.717) is 18.9 Å². The first-order valence-corrected chi connectivity index (χ1v) is 7.33. The maximum atomic E-state index is 13.6. The van der Waals surface area contributed by atoms with Gasteiger partial charge >= 0.3 is 0 Å². The van der Waals surface area contributed by atoms with Gasteiger partial charge in [-0.2, -0.15) is 0 Å². The van der Waals surface area contributed by atoms with Gasteiger partial charge in [-0.05, 0) is 36.4 Å². The Balaban J connectivity index is 1.72. The summed E-state index contributed by atoms with van der Waals surface area (Å²) in [5, 5.41) is 2.51. The number of anilines is 2. The maximum Gasteiger partial charge on any atom is 0.261 e. The molecule has 4 nitrogen and oxygen atoms in total. The highest BCUT2D eigenvalue weighted by Crippen LogP contribution is 2.20. The number of carbonyl (C=O) groups is 1. The number of benzene rings is 2. The highest BCUT2D eigenvalue weighted by Gasteiger charge is 2.17. The van der Waals surface area contributed by atoms with Gasteiger partial charge in [0.05, 0.1) is 13.2 Å². The van der Waals surface area contributed by atoms with Crippen molar-refractivity contribution in [1.29, 1.82) is 0 Å². The number of rotatable bonds is 3. The van der Waals surface area contributed by atoms with Gasteiger partial charge in [0.25, 0.3) is 5.91 Å². The first-order chi connectivity index (χ1) is 11.1. The van der Waals surface area contributed by atoms with Crippen molar-refractivity contribution in [3.63, 3.8) is 0 Å². The van der Waals surface area contributed by atoms with E-state index in [1.165, 1.54) is 6.07 Å². The summed E-state index contributed by atoms with van der Waals surface area (Å²) in [6.45, 7) is 2.99. The van der Waals surface area contributed by atoms with Crippen molar-refractivity contribution >= 4 is 17.3 Å². The Morgan fingerprint density at radius 2 is 1.61 bits per heavy atom. The van der Waals surface area contributed by atoms with Crippen LogP contribution in [0.5, 0.6) is 0 Å². The van der Waals surface area contributed by atoms with Gasteiger partial charge in [-0.25, -0.2) is 8.78 Å². The number of halogens is 2. The molecule has 0 atom stereocenters. The van der Waals surface area contributed by atoms with Crippen molar-refractivity contribution in [1.82, 2.24) is 0 Å². The van der Waals surface area contributed by atoms with Crippen LogP contribution in [0.3, 0.4) is 0 Å². The molecular formula is C17H16F2N2O2. The van der Waals surface area contributed by atoms with Crippen LogP contribution in [0.1, 0.15) is 10.4 Å². The summed E-state index contributed by atoms with van der Waals surface area (Å²) < 4.78 is 32.5. The van der Waals surface area contributed by atoms with Gasteiger partial charge in [0, 0.05) is 24.5 Å². The molecular weight excluding hydrogens is 302 g/mol. The molecule has 0 unspecified atom stereocenters. The molecule has 2 aromatic rings. The summed E-state index contributed by atoms with van der Waals surface area (Å²) in [6.07, 6.45) is 0. The molecule has 0 bridgehead atoms. The van der Waals surface area contributed by atoms with Crippen molar-refractivity contribution in [3.05, 3.63) is 59.7 Å². The first kappa shape index (κ1) is 15.4. The molecule has 0 spiro atoms. The zero-order valence-corrected chi connectivity index (χ0v) is 12.4. The van der Waals surface area contributed by atoms with E-state index in [0.717, 1.165) is 30.9 Å². The Morgan fingerprint density at radius 3 is 2.22 bits per heavy atom. The Labute approximate surface area is 132 Å². The van der Waals surface area contributed by atoms with Crippen LogP contribution >= 0.6 is 0 Å². The molecule has 6 heteroatoms. The maximum absolute atomic E-state index is 13.6. The van der Waals surface area contributed by atoms with E-state index in [1.807, 2.05) is 12.1 Å². The second-order valence-electron chi connectivity index (χ2n) is 5.20. The second-order valence-corrected chi connectivity index (χ2v) is 5.20. The Bertz CT molecular complexity index is 678. The number of hydrogen-bond donors (Lipinski definition) is 1. The van der Waals surface area contributed by atoms with Gasteiger partial charge in [0.15, 0.2) is 0 Å². The smallest absolute Gasteiger partial charge is 0.261 e. The monoisotopic (exact) mass is 318 g/mol. The van der Waals surface area contributed by atoms with Gasteiger partial charge in [-0.15, -0.1) is 0 Å². The summed E-state index contributed by atoms with van der Waals surface area (Å²) in [4.78, 5) is 14.2. The Morgan fingerprint density at radius 1 is 1.00 bits per heavy atom. The lowest BCUT2D eigenvalue weighted by atomic mass is 10.1. The summed E-state index contributed by atoms with van der Waals surface area (Å²) in [7, 11) is 0. The van der Waals surface area contributed by atoms with E-state index < -0.39 is 23.1 Å². The molecule has 0 radical (unpaired) electrons. The second kappa shape index (κ2) is 6.75. The predicted octanol–water partition coefficient (Wildman–Crippen LogP) is 3.05. The minimum Gasteiger partial charge on any atom is -0.378 e. The van der Waals surface area contributed by atoms with Gasteiger partial charge in [-0.3, -0.25) is 4.79 Å². The van der Waals surface area contributed by atoms with Crippen molar-refractivity contribution < 1.29 is 18.3 Å². The van der Waals surface area contributed by atoms with Crippen molar-refractivity contribution in [3.8, 4) is 0 Å². The molecule has 1 fully saturated rings. The molecule has 0 aromatic heterocycles. The molecule has 1 saturated heterocycles. The molecule has 0 aliphatic carbocycles. The third kappa shape index (κ3) is 3.48. The highest BCUT2D eigenvalue weighted by molar-refractivity contribution is 6.04. The van der Waals surface area contributed by atoms with Gasteiger partial charge in [-0.1, -0.05) is 6.07 Å². The third-order valence-electron chi connectivity index (χ3n) is 3.69. The zero-order valence-electron chi connectivity index (χ0n) is 12.4. The molecule has 3 rings (SSSR count). The van der Waals surface area contributed by atoms with E-state index in [4.69, 9.17) is 4.74 Å². The summed E-state index contributed by atoms with van der Waals surface area (Å²) in [6, 6.07) is 10.5. The molecule has 1 aliphatic rings. The average Bonchev–Trinajstić information content (AvgIpc) is 2.56. The lowest BCUT2D eigenvalue weighted by Gasteiger charge is -2.28. The number of carbonyl (C=O) groups excluding carboxylic acids is 1. The predicted molar refractivity (Wildman–Crippen MR) is 83.8 cm³/mol. The normalized spacial score (nSPS) is 14.6. The molecule has 2 aromatic carbocycles. The van der Waals surface area contributed by atoms with Crippen LogP contribution in [0.25, 0.3) is 0 Å². The number of nitrogens with zero attached hydrogens (tertiary/aromatic N) is 1. The third-order valence-corrected chi connectivity index (χ3v) is 3.69. The van der Waals surface area contributed by atoms with Gasteiger partial charge in [0.1, 0.15) is 17.2 Å². The summed E-state index contributed by atoms with van der Waals surface area (Å²) in [5.74, 6) is -2.57. The standard InChI is InChI=1S/C17H16F2N2O2/c18-14-2-1-3-15(19)16(14)17(22)20-12-4-6-13(7-5-12)21-8-10-23-11-9-21/h1-7H,8-11H2,(H,20,22). The van der Waals surface area contributed by atoms with Crippen molar-refractivity contribution in [2.75, 3.05) is 36.5 Å². The zero-order chi connectivity index (χ0) is 16.2. The number of morpholine rings is 1. The van der Waals surface area contributed by atoms with Crippen LogP contribution in [0.15, 0.2) is 42.5 Å². The number of amides is 1. The minimum atomic E-state index is -0.882. The van der Waals surface area contributed by atoms with E-state index in [1.54, 1.807) is 12.1 Å². The largest absolute Gasteiger partial charge is 0.378 e. The van der Waals surface area contributed by atoms with Crippen molar-refractivity contribution in [2.24, 2.45) is 0 Å². The SMILES string of the molecule is O=C(Nc1ccc(N2CCOCC2)cc1)c1c(F)cccc1F. The van der Waals surface area contributed by atoms with Crippen LogP contribution in [-0.2, 0) is 4.74 Å². The van der Waals surface area contributed by atoms with E-state index >= 15 is 0 Å². The van der Waals surface area contributed by atoms with Crippen LogP contribution < -0.4 is 10.2 Å². The number of hydrogen-bond acceptors (Lipinski definition) is 3. The molecule has 0 saturated carbocycles. The quantitative estimate of drug-likeness (QED) is 0.946. The first-order valence-electron chi connectivity index (χ1n) is 7.33. The fourth-order valence-corrected chi connectivity index (χ4v) is 2.49. The number of nitrogens with one attached hydrogen (secondary N) is 1. The van der Waals surface area contributed by atoms with E-state index in [9.17, 15) is 13.6 Å². The molecule has 1 aliphatic heterocycles. The molecule has 1 N–H and O–H groups in total. The van der Waals surface area contributed by atoms with Crippen LogP contribution in [-0.4, -0.2) is 32.2 Å². The highest BCUT2D eigenvalue weighted by atomic mass is 19.1. The van der Waals surface area contributed by atoms with Crippen LogP contribution in [0, 0.1) is 11.6 Å².